The molecule has 0 radical (unpaired) electrons. The Kier molecular flexibility index (Phi) is 5.33. The van der Waals surface area contributed by atoms with Gasteiger partial charge in [-0.1, -0.05) is 35.9 Å². The number of halogens is 1. The molecule has 150 valence electrons. The van der Waals surface area contributed by atoms with Crippen LogP contribution in [-0.2, 0) is 4.79 Å². The van der Waals surface area contributed by atoms with Crippen LogP contribution in [0.1, 0.15) is 23.1 Å². The maximum absolute atomic E-state index is 12.5. The summed E-state index contributed by atoms with van der Waals surface area (Å²) in [6.45, 7) is 3.95. The first-order chi connectivity index (χ1) is 14.4. The van der Waals surface area contributed by atoms with Gasteiger partial charge in [-0.05, 0) is 55.3 Å². The number of aryl methyl sites for hydroxylation is 2. The maximum Gasteiger partial charge on any atom is 0.266 e. The van der Waals surface area contributed by atoms with Gasteiger partial charge in [-0.25, -0.2) is 0 Å². The van der Waals surface area contributed by atoms with Crippen LogP contribution in [0, 0.1) is 25.2 Å². The van der Waals surface area contributed by atoms with Crippen LogP contribution in [0.2, 0.25) is 5.02 Å². The summed E-state index contributed by atoms with van der Waals surface area (Å²) < 4.78 is 6.10. The minimum atomic E-state index is -0.657. The van der Waals surface area contributed by atoms with Crippen molar-refractivity contribution < 1.29 is 9.21 Å². The van der Waals surface area contributed by atoms with E-state index in [4.69, 9.17) is 16.0 Å². The van der Waals surface area contributed by atoms with Crippen molar-refractivity contribution in [1.82, 2.24) is 5.32 Å². The highest BCUT2D eigenvalue weighted by atomic mass is 35.5. The van der Waals surface area contributed by atoms with Gasteiger partial charge in [0.25, 0.3) is 5.91 Å². The number of carbonyl (C=O) groups is 1. The van der Waals surface area contributed by atoms with Crippen LogP contribution in [0.5, 0.6) is 0 Å². The molecule has 1 N–H and O–H groups in total. The highest BCUT2D eigenvalue weighted by Gasteiger charge is 2.36. The second-order valence-corrected chi connectivity index (χ2v) is 7.92. The molecule has 0 saturated carbocycles. The number of rotatable bonds is 3. The Morgan fingerprint density at radius 3 is 2.70 bits per heavy atom. The molecule has 4 rings (SSSR count). The smallest absolute Gasteiger partial charge is 0.266 e. The first-order valence-electron chi connectivity index (χ1n) is 9.25. The summed E-state index contributed by atoms with van der Waals surface area (Å²) in [6.07, 6.45) is -0.657. The molecular weight excluding hydrogens is 418 g/mol. The molecular formula is C23H18ClN3O2S. The van der Waals surface area contributed by atoms with E-state index in [0.717, 1.165) is 22.4 Å². The molecule has 1 aromatic heterocycles. The predicted molar refractivity (Wildman–Crippen MR) is 120 cm³/mol. The molecule has 0 spiro atoms. The SMILES string of the molecule is Cc1ccc(C)c(N2C(S)=C(C#N)C(=O)NC2c2ccc(-c3cccc(Cl)c3)o2)c1. The van der Waals surface area contributed by atoms with E-state index in [9.17, 15) is 10.1 Å². The number of benzene rings is 2. The van der Waals surface area contributed by atoms with Crippen molar-refractivity contribution in [3.05, 3.63) is 87.1 Å². The van der Waals surface area contributed by atoms with Crippen molar-refractivity contribution in [3.8, 4) is 17.4 Å². The summed E-state index contributed by atoms with van der Waals surface area (Å²) in [5.41, 5.74) is 3.64. The second-order valence-electron chi connectivity index (χ2n) is 7.06. The second kappa shape index (κ2) is 7.94. The molecule has 0 bridgehead atoms. The van der Waals surface area contributed by atoms with Gasteiger partial charge < -0.3 is 14.6 Å². The lowest BCUT2D eigenvalue weighted by Gasteiger charge is -2.37. The Morgan fingerprint density at radius 1 is 1.17 bits per heavy atom. The van der Waals surface area contributed by atoms with Crippen LogP contribution in [0.4, 0.5) is 5.69 Å². The third-order valence-corrected chi connectivity index (χ3v) is 5.62. The van der Waals surface area contributed by atoms with Gasteiger partial charge in [0.15, 0.2) is 6.17 Å². The van der Waals surface area contributed by atoms with Crippen molar-refractivity contribution >= 4 is 35.8 Å². The first kappa shape index (κ1) is 20.1. The van der Waals surface area contributed by atoms with Gasteiger partial charge in [-0.3, -0.25) is 4.79 Å². The Labute approximate surface area is 185 Å². The van der Waals surface area contributed by atoms with Crippen LogP contribution in [0.25, 0.3) is 11.3 Å². The van der Waals surface area contributed by atoms with Crippen LogP contribution < -0.4 is 10.2 Å². The average molecular weight is 436 g/mol. The first-order valence-corrected chi connectivity index (χ1v) is 10.1. The van der Waals surface area contributed by atoms with E-state index >= 15 is 0 Å². The number of amides is 1. The predicted octanol–water partition coefficient (Wildman–Crippen LogP) is 5.52. The molecule has 0 fully saturated rings. The van der Waals surface area contributed by atoms with Gasteiger partial charge in [0.2, 0.25) is 0 Å². The molecule has 3 aromatic rings. The van der Waals surface area contributed by atoms with Gasteiger partial charge in [0.1, 0.15) is 23.2 Å². The van der Waals surface area contributed by atoms with Crippen molar-refractivity contribution in [3.63, 3.8) is 0 Å². The summed E-state index contributed by atoms with van der Waals surface area (Å²) in [5, 5.41) is 13.2. The number of hydrogen-bond acceptors (Lipinski definition) is 5. The summed E-state index contributed by atoms with van der Waals surface area (Å²) in [7, 11) is 0. The fraction of sp³-hybridized carbons (Fsp3) is 0.130. The molecule has 0 saturated heterocycles. The number of hydrogen-bond donors (Lipinski definition) is 2. The number of thiol groups is 1. The van der Waals surface area contributed by atoms with Crippen LogP contribution >= 0.6 is 24.2 Å². The monoisotopic (exact) mass is 435 g/mol. The molecule has 7 heteroatoms. The summed E-state index contributed by atoms with van der Waals surface area (Å²) >= 11 is 10.6. The van der Waals surface area contributed by atoms with Gasteiger partial charge in [0, 0.05) is 16.3 Å². The minimum Gasteiger partial charge on any atom is -0.457 e. The van der Waals surface area contributed by atoms with E-state index in [-0.39, 0.29) is 10.6 Å². The van der Waals surface area contributed by atoms with Gasteiger partial charge in [-0.15, -0.1) is 12.6 Å². The molecule has 2 heterocycles. The van der Waals surface area contributed by atoms with Gasteiger partial charge in [-0.2, -0.15) is 5.26 Å². The quantitative estimate of drug-likeness (QED) is 0.531. The lowest BCUT2D eigenvalue weighted by Crippen LogP contribution is -2.46. The Morgan fingerprint density at radius 2 is 1.97 bits per heavy atom. The lowest BCUT2D eigenvalue weighted by molar-refractivity contribution is -0.118. The number of nitrogens with one attached hydrogen (secondary N) is 1. The standard InChI is InChI=1S/C23H18ClN3O2S/c1-13-6-7-14(2)18(10-13)27-21(26-22(28)17(12-25)23(27)30)20-9-8-19(29-20)15-4-3-5-16(24)11-15/h3-11,21,30H,1-2H3,(H,26,28). The number of carbonyl (C=O) groups excluding carboxylic acids is 1. The molecule has 2 aromatic carbocycles. The third-order valence-electron chi connectivity index (χ3n) is 4.95. The summed E-state index contributed by atoms with van der Waals surface area (Å²) in [6, 6.07) is 18.9. The van der Waals surface area contributed by atoms with Gasteiger partial charge in [0.05, 0.1) is 5.03 Å². The number of anilines is 1. The normalized spacial score (nSPS) is 16.4. The number of nitriles is 1. The lowest BCUT2D eigenvalue weighted by atomic mass is 10.1. The zero-order valence-electron chi connectivity index (χ0n) is 16.3. The van der Waals surface area contributed by atoms with Crippen molar-refractivity contribution in [2.24, 2.45) is 0 Å². The zero-order valence-corrected chi connectivity index (χ0v) is 18.0. The van der Waals surface area contributed by atoms with Crippen molar-refractivity contribution in [2.75, 3.05) is 4.90 Å². The van der Waals surface area contributed by atoms with Crippen molar-refractivity contribution in [2.45, 2.75) is 20.0 Å². The van der Waals surface area contributed by atoms with E-state index in [1.54, 1.807) is 12.1 Å². The third kappa shape index (κ3) is 3.58. The zero-order chi connectivity index (χ0) is 21.4. The topological polar surface area (TPSA) is 69.3 Å². The maximum atomic E-state index is 12.5. The van der Waals surface area contributed by atoms with Crippen molar-refractivity contribution in [1.29, 1.82) is 5.26 Å². The molecule has 5 nitrogen and oxygen atoms in total. The highest BCUT2D eigenvalue weighted by molar-refractivity contribution is 7.84. The molecule has 30 heavy (non-hydrogen) atoms. The molecule has 1 aliphatic rings. The highest BCUT2D eigenvalue weighted by Crippen LogP contribution is 2.39. The van der Waals surface area contributed by atoms with E-state index in [2.05, 4.69) is 17.9 Å². The molecule has 1 unspecified atom stereocenters. The van der Waals surface area contributed by atoms with E-state index in [0.29, 0.717) is 16.5 Å². The fourth-order valence-corrected chi connectivity index (χ4v) is 4.00. The number of nitrogens with zero attached hydrogens (tertiary/aromatic N) is 2. The van der Waals surface area contributed by atoms with Crippen LogP contribution in [0.3, 0.4) is 0 Å². The van der Waals surface area contributed by atoms with E-state index in [1.165, 1.54) is 0 Å². The van der Waals surface area contributed by atoms with Crippen LogP contribution in [0.15, 0.2) is 69.6 Å². The fourth-order valence-electron chi connectivity index (χ4n) is 3.43. The van der Waals surface area contributed by atoms with E-state index < -0.39 is 12.1 Å². The summed E-state index contributed by atoms with van der Waals surface area (Å²) in [4.78, 5) is 14.4. The molecule has 1 amide bonds. The average Bonchev–Trinajstić information content (AvgIpc) is 3.20. The molecule has 1 atom stereocenters. The molecule has 1 aliphatic heterocycles. The largest absolute Gasteiger partial charge is 0.457 e. The van der Waals surface area contributed by atoms with E-state index in [1.807, 2.05) is 67.3 Å². The minimum absolute atomic E-state index is 0.0443. The summed E-state index contributed by atoms with van der Waals surface area (Å²) in [5.74, 6) is 0.649. The van der Waals surface area contributed by atoms with Crippen LogP contribution in [-0.4, -0.2) is 5.91 Å². The number of furan rings is 1. The Balaban J connectivity index is 1.84. The Hall–Kier alpha value is -3.14. The van der Waals surface area contributed by atoms with Gasteiger partial charge >= 0.3 is 0 Å². The molecule has 0 aliphatic carbocycles. The Bertz CT molecular complexity index is 1230.